The Balaban J connectivity index is 3.88. The zero-order chi connectivity index (χ0) is 20.6. The molecule has 80 valence electrons. The fraction of sp³-hybridized carbons (Fsp3) is 0.429. The Bertz CT molecular complexity index is 681. The molecule has 1 aromatic carbocycles. The van der Waals surface area contributed by atoms with Crippen LogP contribution in [0.2, 0.25) is 0 Å². The Morgan fingerprint density at radius 2 is 2.33 bits per heavy atom. The van der Waals surface area contributed by atoms with Gasteiger partial charge in [-0.1, -0.05) is 36.3 Å². The van der Waals surface area contributed by atoms with Crippen LogP contribution in [0.4, 0.5) is 0 Å². The van der Waals surface area contributed by atoms with Crippen molar-refractivity contribution < 1.29 is 15.1 Å². The molecule has 0 spiro atoms. The van der Waals surface area contributed by atoms with Crippen molar-refractivity contribution in [1.82, 2.24) is 4.90 Å². The van der Waals surface area contributed by atoms with E-state index in [1.165, 1.54) is 31.2 Å². The van der Waals surface area contributed by atoms with E-state index in [1.54, 1.807) is 6.07 Å². The van der Waals surface area contributed by atoms with Crippen LogP contribution in [0.25, 0.3) is 0 Å². The summed E-state index contributed by atoms with van der Waals surface area (Å²) >= 11 is 0. The van der Waals surface area contributed by atoms with Gasteiger partial charge in [0.2, 0.25) is 0 Å². The van der Waals surface area contributed by atoms with Crippen molar-refractivity contribution in [2.75, 3.05) is 13.5 Å². The van der Waals surface area contributed by atoms with E-state index in [9.17, 15) is 0 Å². The van der Waals surface area contributed by atoms with Gasteiger partial charge in [-0.05, 0) is 32.7 Å². The SMILES string of the molecule is [2H]C([2H])([2H])N(C([2H])([2H])C#CC)[C@]([2H])(C([2H])([2H])[2H])C([2H])([2H])c1ccccc1. The first-order chi connectivity index (χ1) is 11.5. The molecular formula is C14H19N. The summed E-state index contributed by atoms with van der Waals surface area (Å²) in [6.07, 6.45) is -3.07. The Morgan fingerprint density at radius 1 is 1.53 bits per heavy atom. The molecule has 0 saturated carbocycles. The first-order valence-corrected chi connectivity index (χ1v) is 4.33. The molecule has 1 heteroatoms. The topological polar surface area (TPSA) is 3.24 Å². The van der Waals surface area contributed by atoms with Crippen LogP contribution in [-0.4, -0.2) is 24.4 Å². The van der Waals surface area contributed by atoms with Crippen LogP contribution < -0.4 is 0 Å². The van der Waals surface area contributed by atoms with Crippen molar-refractivity contribution in [1.29, 1.82) is 0 Å². The van der Waals surface area contributed by atoms with Crippen LogP contribution in [0, 0.1) is 11.8 Å². The Kier molecular flexibility index (Phi) is 1.52. The summed E-state index contributed by atoms with van der Waals surface area (Å²) in [5.41, 5.74) is -0.263. The molecule has 1 rings (SSSR count). The first-order valence-electron chi connectivity index (χ1n) is 9.83. The summed E-state index contributed by atoms with van der Waals surface area (Å²) in [6, 6.07) is 3.30. The van der Waals surface area contributed by atoms with Crippen molar-refractivity contribution in [3.8, 4) is 11.8 Å². The summed E-state index contributed by atoms with van der Waals surface area (Å²) in [6.45, 7) is -8.85. The fourth-order valence-corrected chi connectivity index (χ4v) is 0.882. The van der Waals surface area contributed by atoms with Crippen molar-refractivity contribution >= 4 is 0 Å². The van der Waals surface area contributed by atoms with Gasteiger partial charge < -0.3 is 0 Å². The highest BCUT2D eigenvalue weighted by atomic mass is 15.1. The van der Waals surface area contributed by atoms with Crippen LogP contribution in [0.15, 0.2) is 30.3 Å². The summed E-state index contributed by atoms with van der Waals surface area (Å²) in [7, 11) is 0. The summed E-state index contributed by atoms with van der Waals surface area (Å²) in [5, 5.41) is 0. The second-order valence-electron chi connectivity index (χ2n) is 2.66. The molecule has 0 N–H and O–H groups in total. The third-order valence-corrected chi connectivity index (χ3v) is 1.55. The maximum Gasteiger partial charge on any atom is 0.0601 e. The lowest BCUT2D eigenvalue weighted by atomic mass is 10.1. The van der Waals surface area contributed by atoms with Crippen molar-refractivity contribution in [2.45, 2.75) is 26.2 Å². The predicted molar refractivity (Wildman–Crippen MR) is 65.7 cm³/mol. The fourth-order valence-electron chi connectivity index (χ4n) is 0.882. The minimum atomic E-state index is -3.52. The molecule has 0 radical (unpaired) electrons. The quantitative estimate of drug-likeness (QED) is 0.693. The highest BCUT2D eigenvalue weighted by molar-refractivity contribution is 5.15. The van der Waals surface area contributed by atoms with Crippen LogP contribution in [0.3, 0.4) is 0 Å². The van der Waals surface area contributed by atoms with Gasteiger partial charge >= 0.3 is 0 Å². The minimum Gasteiger partial charge on any atom is -0.292 e. The van der Waals surface area contributed by atoms with Gasteiger partial charge in [0.25, 0.3) is 0 Å². The first kappa shape index (κ1) is 3.64. The van der Waals surface area contributed by atoms with Gasteiger partial charge in [0.1, 0.15) is 0 Å². The molecule has 0 aliphatic heterocycles. The molecule has 1 nitrogen and oxygen atoms in total. The van der Waals surface area contributed by atoms with E-state index in [2.05, 4.69) is 5.92 Å². The number of rotatable bonds is 4. The van der Waals surface area contributed by atoms with Crippen molar-refractivity contribution in [2.24, 2.45) is 0 Å². The van der Waals surface area contributed by atoms with Gasteiger partial charge in [-0.15, -0.1) is 5.92 Å². The zero-order valence-corrected chi connectivity index (χ0v) is 8.33. The summed E-state index contributed by atoms with van der Waals surface area (Å²) in [4.78, 5) is -0.274. The van der Waals surface area contributed by atoms with Gasteiger partial charge in [0.05, 0.1) is 9.24 Å². The monoisotopic (exact) mass is 212 g/mol. The second-order valence-corrected chi connectivity index (χ2v) is 2.66. The molecule has 1 aromatic rings. The number of hydrogen-bond donors (Lipinski definition) is 0. The second kappa shape index (κ2) is 6.27. The molecule has 15 heavy (non-hydrogen) atoms. The molecule has 0 aliphatic rings. The third kappa shape index (κ3) is 4.18. The lowest BCUT2D eigenvalue weighted by molar-refractivity contribution is 0.287. The maximum absolute atomic E-state index is 8.48. The highest BCUT2D eigenvalue weighted by Crippen LogP contribution is 2.06. The van der Waals surface area contributed by atoms with Crippen LogP contribution in [-0.2, 0) is 6.37 Å². The van der Waals surface area contributed by atoms with Gasteiger partial charge in [-0.25, -0.2) is 0 Å². The Labute approximate surface area is 109 Å². The summed E-state index contributed by atoms with van der Waals surface area (Å²) < 4.78 is 87.0. The van der Waals surface area contributed by atoms with E-state index in [4.69, 9.17) is 15.1 Å². The van der Waals surface area contributed by atoms with E-state index >= 15 is 0 Å². The van der Waals surface area contributed by atoms with E-state index in [0.29, 0.717) is 0 Å². The maximum atomic E-state index is 8.48. The van der Waals surface area contributed by atoms with E-state index in [-0.39, 0.29) is 10.5 Å². The van der Waals surface area contributed by atoms with Crippen molar-refractivity contribution in [3.05, 3.63) is 35.9 Å². The van der Waals surface area contributed by atoms with Gasteiger partial charge in [0, 0.05) is 18.4 Å². The molecule has 0 fully saturated rings. The summed E-state index contributed by atoms with van der Waals surface area (Å²) in [5.74, 6) is 4.11. The zero-order valence-electron chi connectivity index (χ0n) is 19.3. The lowest BCUT2D eigenvalue weighted by Crippen LogP contribution is -2.31. The Morgan fingerprint density at radius 3 is 2.93 bits per heavy atom. The number of hydrogen-bond acceptors (Lipinski definition) is 1. The van der Waals surface area contributed by atoms with Crippen LogP contribution in [0.1, 0.15) is 34.4 Å². The van der Waals surface area contributed by atoms with E-state index < -0.39 is 32.7 Å². The lowest BCUT2D eigenvalue weighted by Gasteiger charge is -2.22. The largest absolute Gasteiger partial charge is 0.292 e. The van der Waals surface area contributed by atoms with E-state index in [1.807, 2.05) is 5.92 Å². The number of benzene rings is 1. The standard InChI is InChI=1S/C14H19N/c1-4-5-11-15(3)13(2)12-14-9-7-6-8-10-14/h6-10,13H,11-12H2,1-3H3/t13-/m1/s1/i2D3,3D3,11D2,12D2,13D. The van der Waals surface area contributed by atoms with Crippen LogP contribution in [0.5, 0.6) is 0 Å². The average molecular weight is 212 g/mol. The van der Waals surface area contributed by atoms with Crippen molar-refractivity contribution in [3.63, 3.8) is 0 Å². The molecule has 0 aliphatic carbocycles. The number of likely N-dealkylation sites (N-methyl/N-ethyl adjacent to an activating group) is 1. The predicted octanol–water partition coefficient (Wildman–Crippen LogP) is 2.57. The molecule has 0 amide bonds. The minimum absolute atomic E-state index is 0.263. The normalized spacial score (nSPS) is 28.5. The molecule has 0 saturated heterocycles. The molecule has 0 aromatic heterocycles. The molecule has 0 heterocycles. The number of nitrogens with zero attached hydrogens (tertiary/aromatic N) is 1. The Hall–Kier alpha value is -1.26. The molecule has 0 bridgehead atoms. The third-order valence-electron chi connectivity index (χ3n) is 1.55. The van der Waals surface area contributed by atoms with Crippen LogP contribution >= 0.6 is 0 Å². The molecular weight excluding hydrogens is 182 g/mol. The highest BCUT2D eigenvalue weighted by Gasteiger charge is 2.07. The van der Waals surface area contributed by atoms with E-state index in [0.717, 1.165) is 0 Å². The average Bonchev–Trinajstić information content (AvgIpc) is 2.44. The molecule has 1 atom stereocenters. The van der Waals surface area contributed by atoms with Gasteiger partial charge in [0.15, 0.2) is 0 Å². The molecule has 0 unspecified atom stereocenters. The van der Waals surface area contributed by atoms with Gasteiger partial charge in [-0.2, -0.15) is 0 Å². The smallest absolute Gasteiger partial charge is 0.0601 e. The van der Waals surface area contributed by atoms with Gasteiger partial charge in [-0.3, -0.25) is 4.90 Å².